The van der Waals surface area contributed by atoms with Crippen LogP contribution in [0.25, 0.3) is 0 Å². The molecule has 0 bridgehead atoms. The molecule has 0 spiro atoms. The fourth-order valence-electron chi connectivity index (χ4n) is 2.30. The standard InChI is InChI=1S/C12H14N2O4/c15-12(16)9-5-4-6-10(14(17)18)11(9)13-7-2-1-3-8-13/h4-6H,1-3,7-8H2,(H,15,16). The van der Waals surface area contributed by atoms with Crippen molar-refractivity contribution in [3.8, 4) is 0 Å². The Balaban J connectivity index is 2.52. The molecule has 1 aromatic carbocycles. The maximum atomic E-state index is 11.2. The summed E-state index contributed by atoms with van der Waals surface area (Å²) in [6.45, 7) is 1.34. The fourth-order valence-corrected chi connectivity index (χ4v) is 2.30. The van der Waals surface area contributed by atoms with Gasteiger partial charge in [-0.2, -0.15) is 0 Å². The molecule has 1 aromatic rings. The third-order valence-corrected chi connectivity index (χ3v) is 3.11. The number of hydrogen-bond acceptors (Lipinski definition) is 4. The first-order valence-corrected chi connectivity index (χ1v) is 5.87. The van der Waals surface area contributed by atoms with E-state index in [1.807, 2.05) is 4.90 Å². The van der Waals surface area contributed by atoms with Crippen LogP contribution >= 0.6 is 0 Å². The molecule has 1 saturated heterocycles. The van der Waals surface area contributed by atoms with Gasteiger partial charge in [0.05, 0.1) is 10.5 Å². The molecule has 0 radical (unpaired) electrons. The number of aromatic carboxylic acids is 1. The summed E-state index contributed by atoms with van der Waals surface area (Å²) in [6, 6.07) is 4.19. The van der Waals surface area contributed by atoms with Gasteiger partial charge >= 0.3 is 5.97 Å². The molecule has 96 valence electrons. The number of carboxylic acid groups (broad SMARTS) is 1. The number of anilines is 1. The summed E-state index contributed by atoms with van der Waals surface area (Å²) < 4.78 is 0. The molecule has 0 aromatic heterocycles. The highest BCUT2D eigenvalue weighted by Crippen LogP contribution is 2.33. The minimum atomic E-state index is -1.13. The van der Waals surface area contributed by atoms with Crippen LogP contribution in [0.5, 0.6) is 0 Å². The number of hydrogen-bond donors (Lipinski definition) is 1. The maximum absolute atomic E-state index is 11.2. The number of nitrogens with zero attached hydrogens (tertiary/aromatic N) is 2. The van der Waals surface area contributed by atoms with Gasteiger partial charge in [-0.15, -0.1) is 0 Å². The number of carbonyl (C=O) groups is 1. The van der Waals surface area contributed by atoms with Gasteiger partial charge in [-0.3, -0.25) is 10.1 Å². The predicted octanol–water partition coefficient (Wildman–Crippen LogP) is 2.28. The first-order chi connectivity index (χ1) is 8.61. The largest absolute Gasteiger partial charge is 0.478 e. The molecule has 1 aliphatic heterocycles. The van der Waals surface area contributed by atoms with Gasteiger partial charge in [0.2, 0.25) is 0 Å². The Hall–Kier alpha value is -2.11. The van der Waals surface area contributed by atoms with Crippen LogP contribution < -0.4 is 4.90 Å². The second kappa shape index (κ2) is 5.03. The van der Waals surface area contributed by atoms with Crippen molar-refractivity contribution in [1.82, 2.24) is 0 Å². The van der Waals surface area contributed by atoms with E-state index in [-0.39, 0.29) is 16.9 Å². The molecular weight excluding hydrogens is 236 g/mol. The van der Waals surface area contributed by atoms with Crippen LogP contribution in [0.15, 0.2) is 18.2 Å². The average molecular weight is 250 g/mol. The van der Waals surface area contributed by atoms with Crippen molar-refractivity contribution in [1.29, 1.82) is 0 Å². The van der Waals surface area contributed by atoms with Crippen molar-refractivity contribution in [2.24, 2.45) is 0 Å². The van der Waals surface area contributed by atoms with Gasteiger partial charge in [-0.1, -0.05) is 6.07 Å². The number of piperidine rings is 1. The molecule has 0 atom stereocenters. The van der Waals surface area contributed by atoms with Crippen LogP contribution in [-0.4, -0.2) is 29.1 Å². The summed E-state index contributed by atoms with van der Waals surface area (Å²) in [5, 5.41) is 20.2. The zero-order valence-corrected chi connectivity index (χ0v) is 9.83. The molecule has 18 heavy (non-hydrogen) atoms. The van der Waals surface area contributed by atoms with Gasteiger partial charge in [-0.05, 0) is 25.3 Å². The summed E-state index contributed by atoms with van der Waals surface area (Å²) in [7, 11) is 0. The van der Waals surface area contributed by atoms with Gasteiger partial charge in [0.25, 0.3) is 5.69 Å². The number of carboxylic acids is 1. The SMILES string of the molecule is O=C(O)c1cccc([N+](=O)[O-])c1N1CCCCC1. The molecule has 1 heterocycles. The molecule has 6 heteroatoms. The molecular formula is C12H14N2O4. The molecule has 0 aliphatic carbocycles. The maximum Gasteiger partial charge on any atom is 0.338 e. The van der Waals surface area contributed by atoms with E-state index in [2.05, 4.69) is 0 Å². The highest BCUT2D eigenvalue weighted by molar-refractivity contribution is 5.97. The lowest BCUT2D eigenvalue weighted by Gasteiger charge is -2.29. The smallest absolute Gasteiger partial charge is 0.338 e. The third-order valence-electron chi connectivity index (χ3n) is 3.11. The lowest BCUT2D eigenvalue weighted by molar-refractivity contribution is -0.384. The van der Waals surface area contributed by atoms with Crippen LogP contribution in [-0.2, 0) is 0 Å². The molecule has 1 N–H and O–H groups in total. The summed E-state index contributed by atoms with van der Waals surface area (Å²) in [6.07, 6.45) is 2.95. The van der Waals surface area contributed by atoms with Crippen molar-refractivity contribution in [3.05, 3.63) is 33.9 Å². The normalized spacial score (nSPS) is 15.4. The Morgan fingerprint density at radius 1 is 1.28 bits per heavy atom. The van der Waals surface area contributed by atoms with Gasteiger partial charge < -0.3 is 10.0 Å². The van der Waals surface area contributed by atoms with E-state index in [1.54, 1.807) is 0 Å². The first kappa shape index (κ1) is 12.3. The van der Waals surface area contributed by atoms with E-state index in [0.29, 0.717) is 13.1 Å². The van der Waals surface area contributed by atoms with Crippen molar-refractivity contribution >= 4 is 17.3 Å². The topological polar surface area (TPSA) is 83.7 Å². The molecule has 1 fully saturated rings. The lowest BCUT2D eigenvalue weighted by Crippen LogP contribution is -2.31. The van der Waals surface area contributed by atoms with Crippen LogP contribution in [0.4, 0.5) is 11.4 Å². The van der Waals surface area contributed by atoms with Crippen molar-refractivity contribution in [3.63, 3.8) is 0 Å². The molecule has 0 amide bonds. The molecule has 0 saturated carbocycles. The summed E-state index contributed by atoms with van der Waals surface area (Å²) >= 11 is 0. The number of rotatable bonds is 3. The van der Waals surface area contributed by atoms with Gasteiger partial charge in [0, 0.05) is 19.2 Å². The number of benzene rings is 1. The minimum absolute atomic E-state index is 0.00565. The van der Waals surface area contributed by atoms with E-state index in [1.165, 1.54) is 18.2 Å². The Bertz CT molecular complexity index is 449. The Labute approximate surface area is 104 Å². The quantitative estimate of drug-likeness (QED) is 0.657. The summed E-state index contributed by atoms with van der Waals surface area (Å²) in [5.41, 5.74) is 0.123. The van der Waals surface area contributed by atoms with E-state index in [4.69, 9.17) is 5.11 Å². The monoisotopic (exact) mass is 250 g/mol. The van der Waals surface area contributed by atoms with E-state index >= 15 is 0 Å². The molecule has 6 nitrogen and oxygen atoms in total. The highest BCUT2D eigenvalue weighted by Gasteiger charge is 2.26. The van der Waals surface area contributed by atoms with E-state index < -0.39 is 10.9 Å². The first-order valence-electron chi connectivity index (χ1n) is 5.87. The van der Waals surface area contributed by atoms with Crippen molar-refractivity contribution in [2.45, 2.75) is 19.3 Å². The van der Waals surface area contributed by atoms with Crippen LogP contribution in [0, 0.1) is 10.1 Å². The van der Waals surface area contributed by atoms with Crippen LogP contribution in [0.2, 0.25) is 0 Å². The highest BCUT2D eigenvalue weighted by atomic mass is 16.6. The Morgan fingerprint density at radius 3 is 2.50 bits per heavy atom. The van der Waals surface area contributed by atoms with Gasteiger partial charge in [-0.25, -0.2) is 4.79 Å². The predicted molar refractivity (Wildman–Crippen MR) is 66.1 cm³/mol. The average Bonchev–Trinajstić information content (AvgIpc) is 2.38. The number of nitro groups is 1. The summed E-state index contributed by atoms with van der Waals surface area (Å²) in [5.74, 6) is -1.13. The fraction of sp³-hybridized carbons (Fsp3) is 0.417. The van der Waals surface area contributed by atoms with Gasteiger partial charge in [0.15, 0.2) is 0 Å². The van der Waals surface area contributed by atoms with E-state index in [0.717, 1.165) is 19.3 Å². The van der Waals surface area contributed by atoms with Crippen molar-refractivity contribution < 1.29 is 14.8 Å². The molecule has 1 aliphatic rings. The Morgan fingerprint density at radius 2 is 1.94 bits per heavy atom. The van der Waals surface area contributed by atoms with Crippen LogP contribution in [0.3, 0.4) is 0 Å². The van der Waals surface area contributed by atoms with Crippen LogP contribution in [0.1, 0.15) is 29.6 Å². The second-order valence-corrected chi connectivity index (χ2v) is 4.28. The second-order valence-electron chi connectivity index (χ2n) is 4.28. The third kappa shape index (κ3) is 2.27. The molecule has 2 rings (SSSR count). The minimum Gasteiger partial charge on any atom is -0.478 e. The molecule has 0 unspecified atom stereocenters. The zero-order chi connectivity index (χ0) is 13.1. The van der Waals surface area contributed by atoms with E-state index in [9.17, 15) is 14.9 Å². The Kier molecular flexibility index (Phi) is 3.45. The lowest BCUT2D eigenvalue weighted by atomic mass is 10.1. The van der Waals surface area contributed by atoms with Crippen molar-refractivity contribution in [2.75, 3.05) is 18.0 Å². The number of para-hydroxylation sites is 1. The zero-order valence-electron chi connectivity index (χ0n) is 9.83. The number of nitro benzene ring substituents is 1. The van der Waals surface area contributed by atoms with Gasteiger partial charge in [0.1, 0.15) is 5.69 Å². The summed E-state index contributed by atoms with van der Waals surface area (Å²) in [4.78, 5) is 23.5.